The number of hydrogen-bond acceptors (Lipinski definition) is 33. The Kier molecular flexibility index (Phi) is 29.8. The van der Waals surface area contributed by atoms with Crippen LogP contribution in [0.3, 0.4) is 0 Å². The third-order valence-electron chi connectivity index (χ3n) is 21.6. The van der Waals surface area contributed by atoms with Crippen LogP contribution in [-0.2, 0) is 91.5 Å². The van der Waals surface area contributed by atoms with E-state index in [9.17, 15) is 92.8 Å². The van der Waals surface area contributed by atoms with Crippen LogP contribution >= 0.6 is 22.7 Å². The molecule has 2 amide bonds. The number of nitrogens with zero attached hydrogens (tertiary/aromatic N) is 12. The van der Waals surface area contributed by atoms with E-state index < -0.39 is 133 Å². The minimum atomic E-state index is -4.34. The first kappa shape index (κ1) is 103. The molecule has 15 rings (SSSR count). The zero-order valence-corrected chi connectivity index (χ0v) is 82.9. The highest BCUT2D eigenvalue weighted by atomic mass is 32.2. The fourth-order valence-corrected chi connectivity index (χ4v) is 20.1. The molecule has 6 aromatic heterocycles. The van der Waals surface area contributed by atoms with Crippen LogP contribution in [0.1, 0.15) is 181 Å². The van der Waals surface area contributed by atoms with Crippen LogP contribution in [-0.4, -0.2) is 164 Å². The van der Waals surface area contributed by atoms with Gasteiger partial charge in [0.1, 0.15) is 87.6 Å². The van der Waals surface area contributed by atoms with Gasteiger partial charge in [-0.2, -0.15) is 54.1 Å². The van der Waals surface area contributed by atoms with Gasteiger partial charge < -0.3 is 77.6 Å². The van der Waals surface area contributed by atoms with Crippen LogP contribution in [0.5, 0.6) is 46.0 Å². The third-order valence-corrected chi connectivity index (χ3v) is 28.7. The Morgan fingerprint density at radius 2 is 0.848 bits per heavy atom. The molecule has 0 bridgehead atoms. The Bertz CT molecular complexity index is 7410. The summed E-state index contributed by atoms with van der Waals surface area (Å²) in [6.07, 6.45) is 3.74. The first-order chi connectivity index (χ1) is 64.2. The average molecular weight is 2020 g/mol. The molecule has 10 aromatic rings. The predicted octanol–water partition coefficient (Wildman–Crippen LogP) is 10.4. The highest BCUT2D eigenvalue weighted by Gasteiger charge is 2.40. The maximum Gasteiger partial charge on any atom is 0.344 e. The highest BCUT2D eigenvalue weighted by Crippen LogP contribution is 2.43. The van der Waals surface area contributed by atoms with Gasteiger partial charge in [-0.25, -0.2) is 23.5 Å². The number of amidine groups is 4. The molecule has 138 heavy (non-hydrogen) atoms. The normalized spacial score (nSPS) is 15.6. The van der Waals surface area contributed by atoms with Crippen molar-refractivity contribution in [3.8, 4) is 67.1 Å². The number of aryl methyl sites for hydroxylation is 4. The third kappa shape index (κ3) is 23.7. The first-order valence-corrected chi connectivity index (χ1v) is 50.6. The van der Waals surface area contributed by atoms with Crippen LogP contribution in [0.15, 0.2) is 159 Å². The summed E-state index contributed by atoms with van der Waals surface area (Å²) in [6, 6.07) is 23.0. The summed E-state index contributed by atoms with van der Waals surface area (Å²) >= 11 is 2.71. The topological polar surface area (TPSA) is 626 Å². The van der Waals surface area contributed by atoms with Gasteiger partial charge >= 0.3 is 5.97 Å². The van der Waals surface area contributed by atoms with Gasteiger partial charge in [0.25, 0.3) is 74.1 Å². The standard InChI is InChI=1S/C23H23N5O6S2.C23H31N5O6S.C23H24N4O7S2.C21H28N4O5S/c1-12-5-8-16(35-12)20-21(30)19(23(31)28(26-20)10-13-3-2-4-13)22-25-15-7-6-14(34-11-18(24)29)9-17(15)36(32,33)27-22;1-22(2,3)9-10-28-21(31)17(18(30)19(26-28)23(4,5)6)20-25-14-8-7-13(34-12-16(24)29)11-15(14)35(32,33)27-20;1-12(2)8-9-27-22(29)18(20(28)19(25-27)16-5-4-10-35-16)21-24-15-7-6-14(34-13(3)23(30)31)11-17(15)36(32,33)26-21;1-20(2,3)9-10-25-19(28)15(16(27)17(23-25)21(4,5)6)18-22-13-8-7-12(26)11-14(13)31(29,30)24-18/h5-9,13,30H,2-4,10-11H2,1H3,(H2,24,29)(H,25,27);7-8,11,30H,9-10,12H2,1-6H3,(H2,24,29)(H,25,27);4-7,10-13,28H,8-9H2,1-3H3,(H,24,26)(H,30,31);7-8,11,26-27H,9-10H2,1-6H3,(H,22,24). The van der Waals surface area contributed by atoms with Crippen LogP contribution in [0.4, 0.5) is 22.7 Å². The Morgan fingerprint density at radius 1 is 0.478 bits per heavy atom. The lowest BCUT2D eigenvalue weighted by atomic mass is 9.85. The number of carboxylic acids is 1. The van der Waals surface area contributed by atoms with Gasteiger partial charge in [-0.1, -0.05) is 109 Å². The number of nitrogens with one attached hydrogen (secondary N) is 4. The van der Waals surface area contributed by atoms with Crippen molar-refractivity contribution in [1.82, 2.24) is 39.1 Å². The Labute approximate surface area is 801 Å². The van der Waals surface area contributed by atoms with E-state index in [1.165, 1.54) is 109 Å². The molecule has 4 aliphatic heterocycles. The molecule has 0 saturated heterocycles. The van der Waals surface area contributed by atoms with Gasteiger partial charge in [-0.15, -0.1) is 40.3 Å². The van der Waals surface area contributed by atoms with Gasteiger partial charge in [-0.05, 0) is 141 Å². The summed E-state index contributed by atoms with van der Waals surface area (Å²) in [5.74, 6) is -5.04. The largest absolute Gasteiger partial charge is 0.508 e. The van der Waals surface area contributed by atoms with Crippen molar-refractivity contribution in [3.63, 3.8) is 0 Å². The predicted molar refractivity (Wildman–Crippen MR) is 518 cm³/mol. The number of phenols is 1. The van der Waals surface area contributed by atoms with Crippen molar-refractivity contribution < 1.29 is 92.9 Å². The number of anilines is 4. The molecular formula is C90H106N18O24S6. The second-order valence-corrected chi connectivity index (χ2v) is 46.3. The number of fused-ring (bicyclic) bond motifs is 4. The summed E-state index contributed by atoms with van der Waals surface area (Å²) in [5.41, 5.74) is 6.34. The number of thiophene rings is 2. The lowest BCUT2D eigenvalue weighted by molar-refractivity contribution is -0.144. The molecule has 10 heterocycles. The number of amides is 2. The maximum atomic E-state index is 13.4. The van der Waals surface area contributed by atoms with Crippen LogP contribution in [0, 0.1) is 29.6 Å². The molecule has 42 nitrogen and oxygen atoms in total. The van der Waals surface area contributed by atoms with E-state index in [1.807, 2.05) is 110 Å². The van der Waals surface area contributed by atoms with E-state index in [1.54, 1.807) is 23.6 Å². The van der Waals surface area contributed by atoms with E-state index >= 15 is 0 Å². The number of sulfonamides is 4. The van der Waals surface area contributed by atoms with Crippen LogP contribution in [0.25, 0.3) is 21.1 Å². The number of aromatic hydroxyl groups is 5. The number of hydrogen-bond donors (Lipinski definition) is 12. The van der Waals surface area contributed by atoms with E-state index in [-0.39, 0.29) is 169 Å². The average Bonchev–Trinajstić information content (AvgIpc) is 1.02. The number of aliphatic carboxylic acids is 1. The zero-order valence-electron chi connectivity index (χ0n) is 78.0. The molecule has 0 spiro atoms. The van der Waals surface area contributed by atoms with Gasteiger partial charge in [0.05, 0.1) is 32.5 Å². The van der Waals surface area contributed by atoms with Crippen molar-refractivity contribution in [3.05, 3.63) is 182 Å². The van der Waals surface area contributed by atoms with Crippen LogP contribution < -0.4 is 69.2 Å². The lowest BCUT2D eigenvalue weighted by Gasteiger charge is -2.26. The summed E-state index contributed by atoms with van der Waals surface area (Å²) < 4.78 is 139. The number of aromatic nitrogens is 8. The van der Waals surface area contributed by atoms with Crippen LogP contribution in [0.2, 0.25) is 0 Å². The number of benzene rings is 4. The molecule has 4 aromatic carbocycles. The monoisotopic (exact) mass is 2010 g/mol. The van der Waals surface area contributed by atoms with Crippen molar-refractivity contribution in [2.24, 2.45) is 51.7 Å². The number of carbonyl (C=O) groups excluding carboxylic acids is 2. The Hall–Kier alpha value is -13.7. The van der Waals surface area contributed by atoms with Crippen molar-refractivity contribution in [1.29, 1.82) is 0 Å². The van der Waals surface area contributed by atoms with Gasteiger partial charge in [0.2, 0.25) is 0 Å². The molecule has 736 valence electrons. The number of rotatable bonds is 24. The van der Waals surface area contributed by atoms with Crippen molar-refractivity contribution in [2.45, 2.75) is 212 Å². The fourth-order valence-electron chi connectivity index (χ4n) is 14.0. The number of carbonyl (C=O) groups is 3. The summed E-state index contributed by atoms with van der Waals surface area (Å²) in [6.45, 7) is 30.8. The SMILES string of the molecule is CC(C)(C)CCn1nc(C(C)(C)C)c(O)c(C2=NS(=O)(=O)c3cc(O)ccc3N2)c1=O.CC(C)(C)CCn1nc(C(C)(C)C)c(O)c(C2=NS(=O)(=O)c3cc(OCC(N)=O)ccc3N2)c1=O.CC(C)CCn1nc(-c2cccs2)c(O)c(C2=NS(=O)(=O)c3cc(OC(C)C(=O)O)ccc3N2)c1=O.Cc1ccc(-c2nn(CC3CCC3)c(=O)c(C3=NS(=O)(=O)c4cc(OCC(N)=O)ccc4N3)c2O)s1. The molecule has 1 aliphatic carbocycles. The van der Waals surface area contributed by atoms with Crippen molar-refractivity contribution in [2.75, 3.05) is 34.5 Å². The summed E-state index contributed by atoms with van der Waals surface area (Å²) in [7, 11) is -17.1. The number of phenolic OH excluding ortho intramolecular Hbond substituents is 1. The molecule has 48 heteroatoms. The van der Waals surface area contributed by atoms with Crippen molar-refractivity contribution >= 4 is 127 Å². The van der Waals surface area contributed by atoms with E-state index in [4.69, 9.17) is 30.8 Å². The van der Waals surface area contributed by atoms with E-state index in [0.717, 1.165) is 36.3 Å². The second-order valence-electron chi connectivity index (χ2n) is 37.8. The smallest absolute Gasteiger partial charge is 0.344 e. The Balaban J connectivity index is 0.000000165. The first-order valence-electron chi connectivity index (χ1n) is 43.1. The van der Waals surface area contributed by atoms with E-state index in [2.05, 4.69) is 59.3 Å². The number of ether oxygens (including phenoxy) is 3. The molecule has 1 fully saturated rings. The summed E-state index contributed by atoms with van der Waals surface area (Å²) in [5, 5.41) is 93.5. The maximum absolute atomic E-state index is 13.4. The number of primary amides is 2. The second kappa shape index (κ2) is 39.8. The Morgan fingerprint density at radius 3 is 1.20 bits per heavy atom. The minimum absolute atomic E-state index is 0.0236. The zero-order chi connectivity index (χ0) is 102. The molecule has 1 atom stereocenters. The van der Waals surface area contributed by atoms with E-state index in [0.29, 0.717) is 42.1 Å². The van der Waals surface area contributed by atoms with Gasteiger partial charge in [0, 0.05) is 66.2 Å². The molecule has 14 N–H and O–H groups in total. The summed E-state index contributed by atoms with van der Waals surface area (Å²) in [4.78, 5) is 87.8. The molecular weight excluding hydrogens is 1910 g/mol. The molecule has 1 saturated carbocycles. The molecule has 0 radical (unpaired) electrons. The number of carboxylic acid groups (broad SMARTS) is 1. The molecule has 5 aliphatic rings. The highest BCUT2D eigenvalue weighted by molar-refractivity contribution is 7.91. The lowest BCUT2D eigenvalue weighted by Crippen LogP contribution is -2.36. The number of nitrogens with two attached hydrogens (primary N) is 2. The minimum Gasteiger partial charge on any atom is -0.508 e. The fraction of sp³-hybridized carbons (Fsp3) is 0.389. The van der Waals surface area contributed by atoms with Gasteiger partial charge in [0.15, 0.2) is 65.7 Å². The van der Waals surface area contributed by atoms with Gasteiger partial charge in [-0.3, -0.25) is 28.8 Å². The quantitative estimate of drug-likeness (QED) is 0.0250. The molecule has 1 unspecified atom stereocenters.